The molecule has 29 heavy (non-hydrogen) atoms. The molecule has 0 spiro atoms. The Hall–Kier alpha value is -2.47. The van der Waals surface area contributed by atoms with Crippen molar-refractivity contribution in [3.63, 3.8) is 0 Å². The van der Waals surface area contributed by atoms with Crippen LogP contribution in [0.1, 0.15) is 50.5 Å². The standard InChI is InChI=1S/C23H28N2O3S/c1-5-6-16-7-9-17(10-8-16)20-15(4)29-23(24-20)25-21(26)18-11-13(2)14(3)12-19(18)22(27)28/h7-10,18-19H,5-6,11-12H2,1-4H3,(H,27,28)(H,24,25,26)/t18-,19+/m1/s1. The summed E-state index contributed by atoms with van der Waals surface area (Å²) in [5.41, 5.74) is 5.35. The lowest BCUT2D eigenvalue weighted by Crippen LogP contribution is -2.36. The molecule has 1 heterocycles. The Morgan fingerprint density at radius 1 is 1.10 bits per heavy atom. The fourth-order valence-electron chi connectivity index (χ4n) is 3.86. The van der Waals surface area contributed by atoms with E-state index in [9.17, 15) is 14.7 Å². The van der Waals surface area contributed by atoms with E-state index in [0.717, 1.165) is 40.1 Å². The van der Waals surface area contributed by atoms with E-state index in [1.165, 1.54) is 16.9 Å². The molecule has 0 radical (unpaired) electrons. The second-order valence-electron chi connectivity index (χ2n) is 7.88. The van der Waals surface area contributed by atoms with Gasteiger partial charge in [-0.25, -0.2) is 4.98 Å². The van der Waals surface area contributed by atoms with Gasteiger partial charge in [-0.2, -0.15) is 0 Å². The van der Waals surface area contributed by atoms with E-state index in [-0.39, 0.29) is 5.91 Å². The van der Waals surface area contributed by atoms with E-state index in [4.69, 9.17) is 0 Å². The molecule has 0 unspecified atom stereocenters. The highest BCUT2D eigenvalue weighted by Crippen LogP contribution is 2.36. The van der Waals surface area contributed by atoms with Gasteiger partial charge in [0.05, 0.1) is 17.5 Å². The van der Waals surface area contributed by atoms with Crippen molar-refractivity contribution < 1.29 is 14.7 Å². The van der Waals surface area contributed by atoms with Crippen LogP contribution in [-0.4, -0.2) is 22.0 Å². The van der Waals surface area contributed by atoms with Crippen molar-refractivity contribution in [3.8, 4) is 11.3 Å². The number of hydrogen-bond acceptors (Lipinski definition) is 4. The van der Waals surface area contributed by atoms with Gasteiger partial charge in [-0.3, -0.25) is 9.59 Å². The molecule has 2 aromatic rings. The monoisotopic (exact) mass is 412 g/mol. The van der Waals surface area contributed by atoms with Gasteiger partial charge in [0.25, 0.3) is 0 Å². The average molecular weight is 413 g/mol. The van der Waals surface area contributed by atoms with E-state index >= 15 is 0 Å². The van der Waals surface area contributed by atoms with Crippen LogP contribution in [0.25, 0.3) is 11.3 Å². The summed E-state index contributed by atoms with van der Waals surface area (Å²) in [4.78, 5) is 30.2. The van der Waals surface area contributed by atoms with E-state index in [2.05, 4.69) is 41.5 Å². The minimum Gasteiger partial charge on any atom is -0.481 e. The average Bonchev–Trinajstić information content (AvgIpc) is 3.04. The Bertz CT molecular complexity index is 944. The summed E-state index contributed by atoms with van der Waals surface area (Å²) in [6.07, 6.45) is 3.06. The number of anilines is 1. The summed E-state index contributed by atoms with van der Waals surface area (Å²) in [6.45, 7) is 8.07. The summed E-state index contributed by atoms with van der Waals surface area (Å²) >= 11 is 1.42. The van der Waals surface area contributed by atoms with Crippen LogP contribution in [0.5, 0.6) is 0 Å². The first kappa shape index (κ1) is 21.2. The number of benzene rings is 1. The number of aromatic nitrogens is 1. The lowest BCUT2D eigenvalue weighted by molar-refractivity contribution is -0.146. The molecule has 1 aliphatic carbocycles. The molecule has 1 aliphatic rings. The maximum atomic E-state index is 12.9. The fraction of sp³-hybridized carbons (Fsp3) is 0.435. The molecule has 154 valence electrons. The number of amides is 1. The van der Waals surface area contributed by atoms with E-state index in [1.807, 2.05) is 20.8 Å². The summed E-state index contributed by atoms with van der Waals surface area (Å²) in [6, 6.07) is 8.37. The molecule has 1 aromatic heterocycles. The molecule has 6 heteroatoms. The molecule has 0 saturated carbocycles. The van der Waals surface area contributed by atoms with Crippen LogP contribution in [0, 0.1) is 18.8 Å². The molecule has 0 saturated heterocycles. The van der Waals surface area contributed by atoms with Crippen LogP contribution in [0.3, 0.4) is 0 Å². The summed E-state index contributed by atoms with van der Waals surface area (Å²) in [5.74, 6) is -2.44. The van der Waals surface area contributed by atoms with Crippen LogP contribution in [0.15, 0.2) is 35.4 Å². The van der Waals surface area contributed by atoms with Crippen molar-refractivity contribution in [2.45, 2.75) is 53.4 Å². The normalized spacial score (nSPS) is 19.3. The summed E-state index contributed by atoms with van der Waals surface area (Å²) in [7, 11) is 0. The Labute approximate surface area is 175 Å². The molecule has 3 rings (SSSR count). The van der Waals surface area contributed by atoms with Gasteiger partial charge >= 0.3 is 5.97 Å². The van der Waals surface area contributed by atoms with Crippen LogP contribution in [0.4, 0.5) is 5.13 Å². The number of carbonyl (C=O) groups excluding carboxylic acids is 1. The van der Waals surface area contributed by atoms with Crippen molar-refractivity contribution in [2.75, 3.05) is 5.32 Å². The minimum atomic E-state index is -0.917. The third-order valence-corrected chi connectivity index (χ3v) is 6.60. The predicted octanol–water partition coefficient (Wildman–Crippen LogP) is 5.46. The SMILES string of the molecule is CCCc1ccc(-c2nc(NC(=O)[C@@H]3CC(C)=C(C)C[C@@H]3C(=O)O)sc2C)cc1. The highest BCUT2D eigenvalue weighted by atomic mass is 32.1. The second kappa shape index (κ2) is 8.91. The Morgan fingerprint density at radius 3 is 2.31 bits per heavy atom. The number of hydrogen-bond donors (Lipinski definition) is 2. The first-order valence-electron chi connectivity index (χ1n) is 10.1. The van der Waals surface area contributed by atoms with E-state index in [0.29, 0.717) is 18.0 Å². The largest absolute Gasteiger partial charge is 0.481 e. The fourth-order valence-corrected chi connectivity index (χ4v) is 4.70. The first-order chi connectivity index (χ1) is 13.8. The number of rotatable bonds is 6. The van der Waals surface area contributed by atoms with Gasteiger partial charge in [-0.1, -0.05) is 48.8 Å². The molecular weight excluding hydrogens is 384 g/mol. The topological polar surface area (TPSA) is 79.3 Å². The zero-order valence-corrected chi connectivity index (χ0v) is 18.2. The molecule has 0 fully saturated rings. The van der Waals surface area contributed by atoms with Gasteiger partial charge in [0.15, 0.2) is 5.13 Å². The number of carboxylic acid groups (broad SMARTS) is 1. The molecule has 0 aliphatic heterocycles. The van der Waals surface area contributed by atoms with Crippen molar-refractivity contribution >= 4 is 28.3 Å². The number of nitrogens with one attached hydrogen (secondary N) is 1. The third-order valence-electron chi connectivity index (χ3n) is 5.71. The Morgan fingerprint density at radius 2 is 1.72 bits per heavy atom. The minimum absolute atomic E-state index is 0.261. The highest BCUT2D eigenvalue weighted by Gasteiger charge is 2.37. The van der Waals surface area contributed by atoms with Gasteiger partial charge in [0, 0.05) is 10.4 Å². The van der Waals surface area contributed by atoms with Gasteiger partial charge in [0.2, 0.25) is 5.91 Å². The lowest BCUT2D eigenvalue weighted by Gasteiger charge is -2.29. The van der Waals surface area contributed by atoms with Crippen molar-refractivity contribution in [1.82, 2.24) is 4.98 Å². The number of thiazole rings is 1. The van der Waals surface area contributed by atoms with E-state index < -0.39 is 17.8 Å². The molecule has 2 N–H and O–H groups in total. The number of allylic oxidation sites excluding steroid dienone is 2. The summed E-state index contributed by atoms with van der Waals surface area (Å²) in [5, 5.41) is 13.0. The summed E-state index contributed by atoms with van der Waals surface area (Å²) < 4.78 is 0. The molecule has 5 nitrogen and oxygen atoms in total. The van der Waals surface area contributed by atoms with Crippen molar-refractivity contribution in [1.29, 1.82) is 0 Å². The van der Waals surface area contributed by atoms with E-state index in [1.54, 1.807) is 0 Å². The Balaban J connectivity index is 1.77. The Kier molecular flexibility index (Phi) is 6.52. The lowest BCUT2D eigenvalue weighted by atomic mass is 9.76. The van der Waals surface area contributed by atoms with Crippen molar-refractivity contribution in [3.05, 3.63) is 45.9 Å². The number of nitrogens with zero attached hydrogens (tertiary/aromatic N) is 1. The molecule has 2 atom stereocenters. The van der Waals surface area contributed by atoms with Crippen LogP contribution in [-0.2, 0) is 16.0 Å². The smallest absolute Gasteiger partial charge is 0.307 e. The van der Waals surface area contributed by atoms with Crippen LogP contribution < -0.4 is 5.32 Å². The first-order valence-corrected chi connectivity index (χ1v) is 10.9. The molecular formula is C23H28N2O3S. The van der Waals surface area contributed by atoms with Gasteiger partial charge < -0.3 is 10.4 Å². The predicted molar refractivity (Wildman–Crippen MR) is 117 cm³/mol. The number of carbonyl (C=O) groups is 2. The second-order valence-corrected chi connectivity index (χ2v) is 9.08. The van der Waals surface area contributed by atoms with Crippen LogP contribution in [0.2, 0.25) is 0 Å². The quantitative estimate of drug-likeness (QED) is 0.618. The van der Waals surface area contributed by atoms with Gasteiger partial charge in [-0.05, 0) is 45.6 Å². The maximum Gasteiger partial charge on any atom is 0.307 e. The molecule has 1 amide bonds. The molecule has 1 aromatic carbocycles. The van der Waals surface area contributed by atoms with Gasteiger partial charge in [0.1, 0.15) is 0 Å². The number of carboxylic acids is 1. The highest BCUT2D eigenvalue weighted by molar-refractivity contribution is 7.16. The maximum absolute atomic E-state index is 12.9. The van der Waals surface area contributed by atoms with Crippen LogP contribution >= 0.6 is 11.3 Å². The molecule has 0 bridgehead atoms. The number of aryl methyl sites for hydroxylation is 2. The number of aliphatic carboxylic acids is 1. The zero-order valence-electron chi connectivity index (χ0n) is 17.4. The zero-order chi connectivity index (χ0) is 21.1. The third kappa shape index (κ3) is 4.75. The van der Waals surface area contributed by atoms with Gasteiger partial charge in [-0.15, -0.1) is 11.3 Å². The van der Waals surface area contributed by atoms with Crippen molar-refractivity contribution in [2.24, 2.45) is 11.8 Å².